The molecule has 0 aliphatic rings. The van der Waals surface area contributed by atoms with Crippen LogP contribution in [0.15, 0.2) is 46.8 Å². The number of thiazole rings is 1. The minimum atomic E-state index is -0.503. The molecule has 0 amide bonds. The van der Waals surface area contributed by atoms with E-state index in [1.54, 1.807) is 12.1 Å². The molecule has 2 aromatic carbocycles. The van der Waals surface area contributed by atoms with Crippen LogP contribution in [0.25, 0.3) is 10.8 Å². The molecule has 1 aromatic heterocycles. The number of nitrogens with zero attached hydrogens (tertiary/aromatic N) is 4. The van der Waals surface area contributed by atoms with Gasteiger partial charge >= 0.3 is 5.00 Å². The van der Waals surface area contributed by atoms with Crippen molar-refractivity contribution in [2.75, 3.05) is 6.61 Å². The van der Waals surface area contributed by atoms with E-state index in [1.807, 2.05) is 18.2 Å². The van der Waals surface area contributed by atoms with Crippen molar-refractivity contribution in [3.8, 4) is 11.5 Å². The van der Waals surface area contributed by atoms with Crippen LogP contribution in [0.2, 0.25) is 0 Å². The van der Waals surface area contributed by atoms with Crippen molar-refractivity contribution in [2.24, 2.45) is 10.2 Å². The Kier molecular flexibility index (Phi) is 14.4. The maximum Gasteiger partial charge on any atom is 0.345 e. The number of hydrogen-bond acceptors (Lipinski definition) is 8. The lowest BCUT2D eigenvalue weighted by atomic mass is 10.0. The van der Waals surface area contributed by atoms with Gasteiger partial charge in [0.1, 0.15) is 6.20 Å². The van der Waals surface area contributed by atoms with Crippen LogP contribution in [0.5, 0.6) is 11.5 Å². The van der Waals surface area contributed by atoms with Crippen LogP contribution in [-0.2, 0) is 0 Å². The van der Waals surface area contributed by atoms with Gasteiger partial charge in [-0.2, -0.15) is 0 Å². The van der Waals surface area contributed by atoms with Crippen molar-refractivity contribution in [1.29, 1.82) is 0 Å². The molecule has 0 spiro atoms. The lowest BCUT2D eigenvalue weighted by molar-refractivity contribution is -0.380. The van der Waals surface area contributed by atoms with Gasteiger partial charge in [-0.1, -0.05) is 128 Å². The smallest absolute Gasteiger partial charge is 0.345 e. The highest BCUT2D eigenvalue weighted by Crippen LogP contribution is 2.41. The maximum absolute atomic E-state index is 10.9. The zero-order valence-electron chi connectivity index (χ0n) is 23.9. The second kappa shape index (κ2) is 18.3. The Morgan fingerprint density at radius 1 is 0.850 bits per heavy atom. The van der Waals surface area contributed by atoms with E-state index in [9.17, 15) is 15.2 Å². The predicted molar refractivity (Wildman–Crippen MR) is 164 cm³/mol. The lowest BCUT2D eigenvalue weighted by Gasteiger charge is -2.12. The molecule has 0 bridgehead atoms. The molecule has 1 heterocycles. The summed E-state index contributed by atoms with van der Waals surface area (Å²) in [5, 5.41) is 31.4. The molecule has 0 aliphatic heterocycles. The van der Waals surface area contributed by atoms with E-state index in [-0.39, 0.29) is 15.9 Å². The highest BCUT2D eigenvalue weighted by atomic mass is 32.1. The third-order valence-corrected chi connectivity index (χ3v) is 7.95. The molecule has 3 rings (SSSR count). The molecule has 9 heteroatoms. The number of azo groups is 1. The third kappa shape index (κ3) is 10.8. The third-order valence-electron chi connectivity index (χ3n) is 7.12. The highest BCUT2D eigenvalue weighted by Gasteiger charge is 2.14. The molecule has 1 N–H and O–H groups in total. The van der Waals surface area contributed by atoms with Crippen LogP contribution in [-0.4, -0.2) is 21.6 Å². The number of fused-ring (bicyclic) bond motifs is 1. The van der Waals surface area contributed by atoms with Crippen molar-refractivity contribution in [3.05, 3.63) is 46.6 Å². The Morgan fingerprint density at radius 3 is 1.95 bits per heavy atom. The Balaban J connectivity index is 1.34. The number of phenols is 1. The molecule has 8 nitrogen and oxygen atoms in total. The first-order chi connectivity index (χ1) is 19.6. The Hall–Kier alpha value is -3.07. The van der Waals surface area contributed by atoms with Gasteiger partial charge in [0.25, 0.3) is 0 Å². The van der Waals surface area contributed by atoms with Gasteiger partial charge in [0, 0.05) is 16.8 Å². The van der Waals surface area contributed by atoms with E-state index >= 15 is 0 Å². The molecular formula is C31H44N4O4S. The molecule has 0 saturated carbocycles. The standard InChI is InChI=1S/C31H44N4O4S/c1-2-3-4-5-6-7-8-9-10-11-12-13-14-15-16-19-22-39-28-23-27(25-20-17-18-21-26(25)30(28)36)33-34-31-32-24-29(40-31)35(37)38/h17-18,20-21,23-24,36H,2-16,19,22H2,1H3. The maximum atomic E-state index is 10.9. The number of hydrogen-bond donors (Lipinski definition) is 1. The van der Waals surface area contributed by atoms with E-state index in [1.165, 1.54) is 96.1 Å². The predicted octanol–water partition coefficient (Wildman–Crippen LogP) is 11.0. The largest absolute Gasteiger partial charge is 0.504 e. The normalized spacial score (nSPS) is 11.5. The van der Waals surface area contributed by atoms with Crippen molar-refractivity contribution in [2.45, 2.75) is 110 Å². The van der Waals surface area contributed by atoms with Gasteiger partial charge in [0.2, 0.25) is 5.13 Å². The Bertz CT molecular complexity index is 1200. The van der Waals surface area contributed by atoms with E-state index < -0.39 is 4.92 Å². The van der Waals surface area contributed by atoms with E-state index in [0.717, 1.165) is 24.2 Å². The summed E-state index contributed by atoms with van der Waals surface area (Å²) in [6, 6.07) is 9.00. The molecule has 3 aromatic rings. The average molecular weight is 569 g/mol. The van der Waals surface area contributed by atoms with Crippen LogP contribution in [0.1, 0.15) is 110 Å². The van der Waals surface area contributed by atoms with Crippen LogP contribution in [0.3, 0.4) is 0 Å². The topological polar surface area (TPSA) is 110 Å². The highest BCUT2D eigenvalue weighted by molar-refractivity contribution is 7.18. The number of unbranched alkanes of at least 4 members (excludes halogenated alkanes) is 15. The second-order valence-corrected chi connectivity index (χ2v) is 11.4. The first-order valence-corrected chi connectivity index (χ1v) is 15.8. The summed E-state index contributed by atoms with van der Waals surface area (Å²) in [6.45, 7) is 2.78. The van der Waals surface area contributed by atoms with Crippen molar-refractivity contribution in [3.63, 3.8) is 0 Å². The number of rotatable bonds is 21. The van der Waals surface area contributed by atoms with Gasteiger partial charge in [-0.15, -0.1) is 10.2 Å². The number of aromatic hydroxyl groups is 1. The molecular weight excluding hydrogens is 524 g/mol. The summed E-state index contributed by atoms with van der Waals surface area (Å²) < 4.78 is 5.94. The van der Waals surface area contributed by atoms with E-state index in [0.29, 0.717) is 28.8 Å². The van der Waals surface area contributed by atoms with Crippen molar-refractivity contribution < 1.29 is 14.8 Å². The fourth-order valence-corrected chi connectivity index (χ4v) is 5.38. The van der Waals surface area contributed by atoms with Gasteiger partial charge in [-0.3, -0.25) is 10.1 Å². The lowest BCUT2D eigenvalue weighted by Crippen LogP contribution is -1.98. The first kappa shape index (κ1) is 31.5. The van der Waals surface area contributed by atoms with Crippen LogP contribution >= 0.6 is 11.3 Å². The van der Waals surface area contributed by atoms with Gasteiger partial charge in [0.15, 0.2) is 11.5 Å². The molecule has 0 saturated heterocycles. The summed E-state index contributed by atoms with van der Waals surface area (Å²) in [5.74, 6) is 0.439. The molecule has 40 heavy (non-hydrogen) atoms. The van der Waals surface area contributed by atoms with Crippen LogP contribution < -0.4 is 4.74 Å². The molecule has 0 radical (unpaired) electrons. The number of ether oxygens (including phenoxy) is 1. The SMILES string of the molecule is CCCCCCCCCCCCCCCCCCOc1cc(N=Nc2ncc([N+](=O)[O-])s2)c2ccccc2c1O. The molecule has 218 valence electrons. The number of benzene rings is 2. The minimum Gasteiger partial charge on any atom is -0.504 e. The second-order valence-electron chi connectivity index (χ2n) is 10.4. The van der Waals surface area contributed by atoms with E-state index in [2.05, 4.69) is 22.1 Å². The van der Waals surface area contributed by atoms with Gasteiger partial charge in [-0.25, -0.2) is 4.98 Å². The average Bonchev–Trinajstić information content (AvgIpc) is 3.45. The molecule has 0 fully saturated rings. The van der Waals surface area contributed by atoms with Crippen LogP contribution in [0, 0.1) is 10.1 Å². The Labute approximate surface area is 242 Å². The fourth-order valence-electron chi connectivity index (χ4n) is 4.82. The zero-order chi connectivity index (χ0) is 28.4. The van der Waals surface area contributed by atoms with Crippen molar-refractivity contribution in [1.82, 2.24) is 4.98 Å². The summed E-state index contributed by atoms with van der Waals surface area (Å²) in [5.41, 5.74) is 0.508. The monoisotopic (exact) mass is 568 g/mol. The summed E-state index contributed by atoms with van der Waals surface area (Å²) >= 11 is 0.855. The summed E-state index contributed by atoms with van der Waals surface area (Å²) in [6.07, 6.45) is 22.2. The Morgan fingerprint density at radius 2 is 1.40 bits per heavy atom. The van der Waals surface area contributed by atoms with Gasteiger partial charge < -0.3 is 9.84 Å². The number of aromatic nitrogens is 1. The number of nitro groups is 1. The number of phenolic OH excluding ortho intramolecular Hbond substituents is 1. The van der Waals surface area contributed by atoms with E-state index in [4.69, 9.17) is 4.74 Å². The minimum absolute atomic E-state index is 0.0796. The fraction of sp³-hybridized carbons (Fsp3) is 0.581. The quantitative estimate of drug-likeness (QED) is 0.0594. The van der Waals surface area contributed by atoms with Crippen LogP contribution in [0.4, 0.5) is 15.8 Å². The zero-order valence-corrected chi connectivity index (χ0v) is 24.7. The summed E-state index contributed by atoms with van der Waals surface area (Å²) in [4.78, 5) is 14.3. The molecule has 0 aliphatic carbocycles. The van der Waals surface area contributed by atoms with Crippen molar-refractivity contribution >= 4 is 37.9 Å². The molecule has 0 atom stereocenters. The first-order valence-electron chi connectivity index (χ1n) is 15.0. The summed E-state index contributed by atoms with van der Waals surface area (Å²) in [7, 11) is 0. The molecule has 0 unspecified atom stereocenters. The van der Waals surface area contributed by atoms with Gasteiger partial charge in [-0.05, 0) is 17.8 Å². The van der Waals surface area contributed by atoms with Gasteiger partial charge in [0.05, 0.1) is 17.2 Å².